The van der Waals surface area contributed by atoms with E-state index in [1.54, 1.807) is 25.3 Å². The summed E-state index contributed by atoms with van der Waals surface area (Å²) in [6, 6.07) is 12.3. The largest absolute Gasteiger partial charge is 0.496 e. The van der Waals surface area contributed by atoms with Crippen LogP contribution in [0.15, 0.2) is 51.7 Å². The topological polar surface area (TPSA) is 75.0 Å². The first-order valence-corrected chi connectivity index (χ1v) is 16.7. The average Bonchev–Trinajstić information content (AvgIpc) is 2.96. The number of fused-ring (bicyclic) bond motifs is 1. The Bertz CT molecular complexity index is 1610. The lowest BCUT2D eigenvalue weighted by Crippen LogP contribution is -2.46. The number of ether oxygens (including phenoxy) is 3. The Hall–Kier alpha value is -3.49. The number of halogens is 3. The molecule has 0 radical (unpaired) electrons. The predicted octanol–water partition coefficient (Wildman–Crippen LogP) is 10.6. The third-order valence-corrected chi connectivity index (χ3v) is 9.09. The highest BCUT2D eigenvalue weighted by Crippen LogP contribution is 2.48. The standard InChI is InChI=1S/C39H53F3O6/c1-11-12-13-14-26-15-18-29(32(19-26)45-10)30-20-27-16-17-28(21-31(27)48-33(30)43)46-24-37(8,23-39(40,41)42)25-47-34(44)38(9,36(5,6)7)22-35(2,3)4/h15-21H,11-14,22-25H2,1-10H3. The number of hydrogen-bond donors (Lipinski definition) is 0. The second-order valence-corrected chi connectivity index (χ2v) is 15.9. The molecule has 0 saturated heterocycles. The lowest BCUT2D eigenvalue weighted by molar-refractivity contribution is -0.183. The van der Waals surface area contributed by atoms with Crippen LogP contribution in [0, 0.1) is 21.7 Å². The van der Waals surface area contributed by atoms with Crippen molar-refractivity contribution in [2.75, 3.05) is 20.3 Å². The Kier molecular flexibility index (Phi) is 12.1. The van der Waals surface area contributed by atoms with E-state index in [0.29, 0.717) is 28.7 Å². The van der Waals surface area contributed by atoms with Gasteiger partial charge in [-0.3, -0.25) is 4.79 Å². The molecule has 3 aromatic rings. The fraction of sp³-hybridized carbons (Fsp3) is 0.590. The first-order chi connectivity index (χ1) is 22.1. The zero-order valence-electron chi connectivity index (χ0n) is 30.3. The van der Waals surface area contributed by atoms with E-state index in [4.69, 9.17) is 18.6 Å². The van der Waals surface area contributed by atoms with Crippen LogP contribution in [0.4, 0.5) is 13.2 Å². The minimum absolute atomic E-state index is 0.212. The molecule has 0 saturated carbocycles. The molecule has 2 unspecified atom stereocenters. The molecule has 0 fully saturated rings. The summed E-state index contributed by atoms with van der Waals surface area (Å²) in [5.41, 5.74) is -1.50. The molecule has 0 aliphatic heterocycles. The van der Waals surface area contributed by atoms with Gasteiger partial charge < -0.3 is 18.6 Å². The molecule has 2 aromatic carbocycles. The predicted molar refractivity (Wildman–Crippen MR) is 185 cm³/mol. The maximum atomic E-state index is 13.8. The first-order valence-electron chi connectivity index (χ1n) is 16.7. The Labute approximate surface area is 283 Å². The number of unbranched alkanes of at least 4 members (excludes halogenated alkanes) is 2. The van der Waals surface area contributed by atoms with Gasteiger partial charge in [0.1, 0.15) is 23.7 Å². The highest BCUT2D eigenvalue weighted by atomic mass is 19.4. The first kappa shape index (κ1) is 39.0. The van der Waals surface area contributed by atoms with Crippen LogP contribution >= 0.6 is 0 Å². The molecule has 0 amide bonds. The molecule has 1 heterocycles. The molecule has 9 heteroatoms. The van der Waals surface area contributed by atoms with E-state index < -0.39 is 47.0 Å². The van der Waals surface area contributed by atoms with Gasteiger partial charge in [0.25, 0.3) is 0 Å². The molecule has 0 spiro atoms. The smallest absolute Gasteiger partial charge is 0.389 e. The van der Waals surface area contributed by atoms with E-state index in [-0.39, 0.29) is 23.4 Å². The molecule has 1 aromatic heterocycles. The van der Waals surface area contributed by atoms with E-state index in [0.717, 1.165) is 31.2 Å². The fourth-order valence-electron chi connectivity index (χ4n) is 6.05. The molecule has 0 aliphatic rings. The van der Waals surface area contributed by atoms with Crippen molar-refractivity contribution in [3.8, 4) is 22.6 Å². The maximum absolute atomic E-state index is 13.8. The van der Waals surface area contributed by atoms with Gasteiger partial charge in [-0.2, -0.15) is 13.2 Å². The zero-order valence-corrected chi connectivity index (χ0v) is 30.3. The zero-order chi connectivity index (χ0) is 36.1. The Balaban J connectivity index is 1.84. The second-order valence-electron chi connectivity index (χ2n) is 15.9. The number of hydrogen-bond acceptors (Lipinski definition) is 6. The lowest BCUT2D eigenvalue weighted by atomic mass is 9.61. The van der Waals surface area contributed by atoms with Crippen molar-refractivity contribution in [2.45, 2.75) is 107 Å². The summed E-state index contributed by atoms with van der Waals surface area (Å²) >= 11 is 0. The van der Waals surface area contributed by atoms with Gasteiger partial charge in [0.15, 0.2) is 0 Å². The van der Waals surface area contributed by atoms with Crippen LogP contribution in [-0.2, 0) is 16.0 Å². The highest BCUT2D eigenvalue weighted by molar-refractivity contribution is 5.84. The van der Waals surface area contributed by atoms with Crippen LogP contribution in [0.1, 0.15) is 100.0 Å². The van der Waals surface area contributed by atoms with Gasteiger partial charge in [0, 0.05) is 22.4 Å². The Morgan fingerprint density at radius 3 is 2.10 bits per heavy atom. The molecular weight excluding hydrogens is 621 g/mol. The molecule has 3 rings (SSSR count). The second kappa shape index (κ2) is 15.0. The van der Waals surface area contributed by atoms with Crippen LogP contribution in [0.5, 0.6) is 11.5 Å². The summed E-state index contributed by atoms with van der Waals surface area (Å²) < 4.78 is 64.1. The molecule has 48 heavy (non-hydrogen) atoms. The minimum Gasteiger partial charge on any atom is -0.496 e. The van der Waals surface area contributed by atoms with Gasteiger partial charge in [-0.1, -0.05) is 80.4 Å². The van der Waals surface area contributed by atoms with Crippen LogP contribution in [0.25, 0.3) is 22.1 Å². The summed E-state index contributed by atoms with van der Waals surface area (Å²) in [4.78, 5) is 26.6. The molecule has 266 valence electrons. The maximum Gasteiger partial charge on any atom is 0.389 e. The summed E-state index contributed by atoms with van der Waals surface area (Å²) in [6.07, 6.45) is -1.01. The summed E-state index contributed by atoms with van der Waals surface area (Å²) in [5.74, 6) is 0.255. The number of alkyl halides is 3. The summed E-state index contributed by atoms with van der Waals surface area (Å²) in [7, 11) is 1.56. The highest BCUT2D eigenvalue weighted by Gasteiger charge is 2.49. The van der Waals surface area contributed by atoms with Crippen LogP contribution in [0.3, 0.4) is 0 Å². The van der Waals surface area contributed by atoms with Crippen molar-refractivity contribution in [3.63, 3.8) is 0 Å². The summed E-state index contributed by atoms with van der Waals surface area (Å²) in [5, 5.41) is 0.610. The van der Waals surface area contributed by atoms with Crippen LogP contribution in [0.2, 0.25) is 0 Å². The average molecular weight is 675 g/mol. The molecule has 0 aliphatic carbocycles. The number of carbonyl (C=O) groups excluding carboxylic acids is 1. The summed E-state index contributed by atoms with van der Waals surface area (Å²) in [6.45, 7) is 16.3. The van der Waals surface area contributed by atoms with E-state index in [9.17, 15) is 22.8 Å². The monoisotopic (exact) mass is 674 g/mol. The Morgan fingerprint density at radius 1 is 0.833 bits per heavy atom. The number of rotatable bonds is 14. The van der Waals surface area contributed by atoms with Crippen molar-refractivity contribution in [3.05, 3.63) is 58.4 Å². The van der Waals surface area contributed by atoms with Crippen molar-refractivity contribution in [1.82, 2.24) is 0 Å². The third kappa shape index (κ3) is 10.3. The fourth-order valence-corrected chi connectivity index (χ4v) is 6.05. The minimum atomic E-state index is -4.52. The van der Waals surface area contributed by atoms with Gasteiger partial charge in [-0.05, 0) is 66.8 Å². The van der Waals surface area contributed by atoms with Gasteiger partial charge in [-0.25, -0.2) is 4.79 Å². The molecule has 6 nitrogen and oxygen atoms in total. The van der Waals surface area contributed by atoms with Gasteiger partial charge >= 0.3 is 17.8 Å². The van der Waals surface area contributed by atoms with Crippen molar-refractivity contribution in [2.24, 2.45) is 21.7 Å². The van der Waals surface area contributed by atoms with Gasteiger partial charge in [0.2, 0.25) is 0 Å². The van der Waals surface area contributed by atoms with Gasteiger partial charge in [-0.15, -0.1) is 0 Å². The molecule has 2 atom stereocenters. The number of aryl methyl sites for hydroxylation is 1. The van der Waals surface area contributed by atoms with E-state index >= 15 is 0 Å². The van der Waals surface area contributed by atoms with Crippen molar-refractivity contribution in [1.29, 1.82) is 0 Å². The Morgan fingerprint density at radius 2 is 1.52 bits per heavy atom. The molecule has 0 bridgehead atoms. The number of carbonyl (C=O) groups is 1. The van der Waals surface area contributed by atoms with Crippen molar-refractivity contribution < 1.29 is 36.6 Å². The van der Waals surface area contributed by atoms with Crippen LogP contribution < -0.4 is 15.1 Å². The third-order valence-electron chi connectivity index (χ3n) is 9.09. The molecule has 0 N–H and O–H groups in total. The molecular formula is C39H53F3O6. The van der Waals surface area contributed by atoms with Crippen molar-refractivity contribution >= 4 is 16.9 Å². The number of methoxy groups -OCH3 is 1. The van der Waals surface area contributed by atoms with Crippen LogP contribution in [-0.4, -0.2) is 32.5 Å². The quantitative estimate of drug-likeness (QED) is 0.0962. The normalized spacial score (nSPS) is 15.1. The van der Waals surface area contributed by atoms with E-state index in [1.807, 2.05) is 66.7 Å². The van der Waals surface area contributed by atoms with E-state index in [2.05, 4.69) is 6.92 Å². The lowest BCUT2D eigenvalue weighted by Gasteiger charge is -2.44. The number of benzene rings is 2. The van der Waals surface area contributed by atoms with Gasteiger partial charge in [0.05, 0.1) is 31.1 Å². The number of esters is 1. The SMILES string of the molecule is CCCCCc1ccc(-c2cc3ccc(OCC(C)(COC(=O)C(C)(CC(C)(C)C)C(C)(C)C)CC(F)(F)F)cc3oc2=O)c(OC)c1. The van der Waals surface area contributed by atoms with E-state index in [1.165, 1.54) is 13.0 Å².